The van der Waals surface area contributed by atoms with Crippen molar-refractivity contribution in [1.29, 1.82) is 0 Å². The number of hydrogen-bond acceptors (Lipinski definition) is 2. The molecular formula is C13H24O2. The minimum atomic E-state index is -0.402. The van der Waals surface area contributed by atoms with Gasteiger partial charge in [-0.25, -0.2) is 0 Å². The van der Waals surface area contributed by atoms with Crippen LogP contribution in [-0.4, -0.2) is 24.4 Å². The molecule has 0 aliphatic heterocycles. The van der Waals surface area contributed by atoms with E-state index in [1.807, 2.05) is 6.92 Å². The van der Waals surface area contributed by atoms with Gasteiger partial charge < -0.3 is 9.84 Å². The van der Waals surface area contributed by atoms with Gasteiger partial charge in [-0.05, 0) is 32.3 Å². The molecule has 3 unspecified atom stereocenters. The Kier molecular flexibility index (Phi) is 7.35. The fourth-order valence-corrected chi connectivity index (χ4v) is 1.55. The first-order valence-electron chi connectivity index (χ1n) is 5.56. The molecule has 0 aromatic rings. The fourth-order valence-electron chi connectivity index (χ4n) is 1.55. The maximum atomic E-state index is 9.74. The lowest BCUT2D eigenvalue weighted by Gasteiger charge is -2.20. The van der Waals surface area contributed by atoms with E-state index >= 15 is 0 Å². The van der Waals surface area contributed by atoms with E-state index in [-0.39, 0.29) is 6.10 Å². The second kappa shape index (κ2) is 7.66. The van der Waals surface area contributed by atoms with Crippen LogP contribution in [0.2, 0.25) is 0 Å². The lowest BCUT2D eigenvalue weighted by atomic mass is 9.95. The van der Waals surface area contributed by atoms with Gasteiger partial charge in [0.2, 0.25) is 0 Å². The molecule has 1 N–H and O–H groups in total. The minimum Gasteiger partial charge on any atom is -0.388 e. The molecule has 88 valence electrons. The van der Waals surface area contributed by atoms with E-state index in [1.165, 1.54) is 0 Å². The summed E-state index contributed by atoms with van der Waals surface area (Å²) in [4.78, 5) is 0. The van der Waals surface area contributed by atoms with Crippen LogP contribution < -0.4 is 0 Å². The molecule has 0 saturated heterocycles. The Bertz CT molecular complexity index is 209. The monoisotopic (exact) mass is 212 g/mol. The first-order valence-corrected chi connectivity index (χ1v) is 5.56. The van der Waals surface area contributed by atoms with Crippen LogP contribution in [0.1, 0.15) is 33.6 Å². The maximum absolute atomic E-state index is 9.74. The van der Waals surface area contributed by atoms with Crippen molar-refractivity contribution in [3.05, 3.63) is 24.3 Å². The third kappa shape index (κ3) is 5.14. The number of ether oxygens (including phenoxy) is 1. The van der Waals surface area contributed by atoms with Gasteiger partial charge in [0.15, 0.2) is 0 Å². The molecule has 0 aliphatic rings. The van der Waals surface area contributed by atoms with Crippen LogP contribution in [0.4, 0.5) is 0 Å². The second-order valence-electron chi connectivity index (χ2n) is 3.96. The molecule has 2 nitrogen and oxygen atoms in total. The van der Waals surface area contributed by atoms with Gasteiger partial charge in [0.1, 0.15) is 0 Å². The summed E-state index contributed by atoms with van der Waals surface area (Å²) in [7, 11) is 1.72. The molecule has 0 heterocycles. The molecule has 0 aromatic heterocycles. The average Bonchev–Trinajstić information content (AvgIpc) is 2.24. The van der Waals surface area contributed by atoms with Crippen LogP contribution in [0.15, 0.2) is 24.3 Å². The maximum Gasteiger partial charge on any atom is 0.0781 e. The largest absolute Gasteiger partial charge is 0.388 e. The third-order valence-corrected chi connectivity index (χ3v) is 2.84. The molecule has 0 aromatic carbocycles. The summed E-state index contributed by atoms with van der Waals surface area (Å²) in [6, 6.07) is 0. The third-order valence-electron chi connectivity index (χ3n) is 2.84. The van der Waals surface area contributed by atoms with Gasteiger partial charge in [-0.3, -0.25) is 0 Å². The first kappa shape index (κ1) is 14.4. The quantitative estimate of drug-likeness (QED) is 0.657. The standard InChI is InChI=1S/C13H24O2/c1-6-8-13(14)10(3)9-12(7-2)11(4)15-5/h6,9,11-14H,1,7-8H2,2-5H3/b10-9+. The molecule has 0 amide bonds. The van der Waals surface area contributed by atoms with Crippen molar-refractivity contribution in [1.82, 2.24) is 0 Å². The number of aliphatic hydroxyl groups excluding tert-OH is 1. The Labute approximate surface area is 93.6 Å². The summed E-state index contributed by atoms with van der Waals surface area (Å²) in [6.45, 7) is 9.76. The van der Waals surface area contributed by atoms with Crippen molar-refractivity contribution < 1.29 is 9.84 Å². The van der Waals surface area contributed by atoms with Crippen molar-refractivity contribution in [3.63, 3.8) is 0 Å². The second-order valence-corrected chi connectivity index (χ2v) is 3.96. The first-order chi connectivity index (χ1) is 7.06. The van der Waals surface area contributed by atoms with E-state index in [2.05, 4.69) is 26.5 Å². The Balaban J connectivity index is 4.46. The zero-order chi connectivity index (χ0) is 11.8. The summed E-state index contributed by atoms with van der Waals surface area (Å²) < 4.78 is 5.30. The van der Waals surface area contributed by atoms with Crippen molar-refractivity contribution in [3.8, 4) is 0 Å². The van der Waals surface area contributed by atoms with E-state index in [0.29, 0.717) is 12.3 Å². The predicted octanol–water partition coefficient (Wildman–Crippen LogP) is 2.93. The normalized spacial score (nSPS) is 18.3. The highest BCUT2D eigenvalue weighted by Crippen LogP contribution is 2.17. The minimum absolute atomic E-state index is 0.195. The van der Waals surface area contributed by atoms with Gasteiger partial charge in [0.05, 0.1) is 12.2 Å². The average molecular weight is 212 g/mol. The summed E-state index contributed by atoms with van der Waals surface area (Å²) in [5, 5.41) is 9.74. The molecule has 0 saturated carbocycles. The summed E-state index contributed by atoms with van der Waals surface area (Å²) in [5.41, 5.74) is 1.01. The Morgan fingerprint density at radius 1 is 1.53 bits per heavy atom. The summed E-state index contributed by atoms with van der Waals surface area (Å²) in [6.07, 6.45) is 5.28. The molecule has 0 spiro atoms. The molecule has 15 heavy (non-hydrogen) atoms. The highest BCUT2D eigenvalue weighted by Gasteiger charge is 2.14. The van der Waals surface area contributed by atoms with Gasteiger partial charge in [-0.1, -0.05) is 19.1 Å². The Hall–Kier alpha value is -0.600. The van der Waals surface area contributed by atoms with Crippen LogP contribution in [0.5, 0.6) is 0 Å². The smallest absolute Gasteiger partial charge is 0.0781 e. The van der Waals surface area contributed by atoms with Crippen LogP contribution in [-0.2, 0) is 4.74 Å². The number of hydrogen-bond donors (Lipinski definition) is 1. The van der Waals surface area contributed by atoms with Gasteiger partial charge in [0, 0.05) is 13.0 Å². The van der Waals surface area contributed by atoms with Gasteiger partial charge in [-0.2, -0.15) is 0 Å². The van der Waals surface area contributed by atoms with Gasteiger partial charge >= 0.3 is 0 Å². The van der Waals surface area contributed by atoms with Gasteiger partial charge in [-0.15, -0.1) is 6.58 Å². The van der Waals surface area contributed by atoms with Crippen molar-refractivity contribution >= 4 is 0 Å². The lowest BCUT2D eigenvalue weighted by Crippen LogP contribution is -2.18. The molecule has 0 aliphatic carbocycles. The number of rotatable bonds is 7. The topological polar surface area (TPSA) is 29.5 Å². The van der Waals surface area contributed by atoms with Crippen molar-refractivity contribution in [2.24, 2.45) is 5.92 Å². The van der Waals surface area contributed by atoms with Crippen LogP contribution in [0, 0.1) is 5.92 Å². The summed E-state index contributed by atoms with van der Waals surface area (Å²) >= 11 is 0. The van der Waals surface area contributed by atoms with Crippen LogP contribution >= 0.6 is 0 Å². The molecule has 2 heteroatoms. The number of methoxy groups -OCH3 is 1. The zero-order valence-electron chi connectivity index (χ0n) is 10.4. The van der Waals surface area contributed by atoms with Crippen LogP contribution in [0.3, 0.4) is 0 Å². The number of aliphatic hydroxyl groups is 1. The van der Waals surface area contributed by atoms with Gasteiger partial charge in [0.25, 0.3) is 0 Å². The Morgan fingerprint density at radius 3 is 2.53 bits per heavy atom. The van der Waals surface area contributed by atoms with E-state index in [0.717, 1.165) is 12.0 Å². The summed E-state index contributed by atoms with van der Waals surface area (Å²) in [5.74, 6) is 0.370. The van der Waals surface area contributed by atoms with E-state index < -0.39 is 6.10 Å². The zero-order valence-corrected chi connectivity index (χ0v) is 10.4. The van der Waals surface area contributed by atoms with E-state index in [9.17, 15) is 5.11 Å². The molecular weight excluding hydrogens is 188 g/mol. The van der Waals surface area contributed by atoms with Crippen molar-refractivity contribution in [2.45, 2.75) is 45.8 Å². The Morgan fingerprint density at radius 2 is 2.13 bits per heavy atom. The molecule has 0 radical (unpaired) electrons. The SMILES string of the molecule is C=CCC(O)/C(C)=C/C(CC)C(C)OC. The highest BCUT2D eigenvalue weighted by atomic mass is 16.5. The predicted molar refractivity (Wildman–Crippen MR) is 64.8 cm³/mol. The molecule has 3 atom stereocenters. The molecule has 0 fully saturated rings. The van der Waals surface area contributed by atoms with Crippen molar-refractivity contribution in [2.75, 3.05) is 7.11 Å². The highest BCUT2D eigenvalue weighted by molar-refractivity contribution is 5.09. The van der Waals surface area contributed by atoms with E-state index in [4.69, 9.17) is 4.74 Å². The van der Waals surface area contributed by atoms with E-state index in [1.54, 1.807) is 13.2 Å². The fraction of sp³-hybridized carbons (Fsp3) is 0.692. The van der Waals surface area contributed by atoms with Crippen LogP contribution in [0.25, 0.3) is 0 Å². The lowest BCUT2D eigenvalue weighted by molar-refractivity contribution is 0.0816. The molecule has 0 bridgehead atoms. The molecule has 0 rings (SSSR count).